The summed E-state index contributed by atoms with van der Waals surface area (Å²) in [6.07, 6.45) is 1.44. The quantitative estimate of drug-likeness (QED) is 0.705. The zero-order chi connectivity index (χ0) is 9.26. The molecule has 4 heteroatoms. The van der Waals surface area contributed by atoms with Crippen LogP contribution in [0.25, 0.3) is 10.6 Å². The normalized spacial score (nSPS) is 10.3. The van der Waals surface area contributed by atoms with Gasteiger partial charge in [-0.05, 0) is 18.2 Å². The second-order valence-corrected chi connectivity index (χ2v) is 4.18. The molecular weight excluding hydrogens is 209 g/mol. The molecule has 2 aromatic rings. The molecule has 0 spiro atoms. The second kappa shape index (κ2) is 3.44. The Morgan fingerprint density at radius 2 is 2.15 bits per heavy atom. The van der Waals surface area contributed by atoms with Crippen LogP contribution < -0.4 is 0 Å². The van der Waals surface area contributed by atoms with Gasteiger partial charge in [-0.3, -0.25) is 4.98 Å². The summed E-state index contributed by atoms with van der Waals surface area (Å²) in [6.45, 7) is 0. The van der Waals surface area contributed by atoms with E-state index in [0.717, 1.165) is 4.88 Å². The molecule has 13 heavy (non-hydrogen) atoms. The van der Waals surface area contributed by atoms with Gasteiger partial charge in [0, 0.05) is 12.3 Å². The summed E-state index contributed by atoms with van der Waals surface area (Å²) in [7, 11) is 0. The minimum Gasteiger partial charge on any atom is -0.255 e. The van der Waals surface area contributed by atoms with Gasteiger partial charge < -0.3 is 0 Å². The number of pyridine rings is 1. The molecule has 0 unspecified atom stereocenters. The highest BCUT2D eigenvalue weighted by Crippen LogP contribution is 2.29. The first-order valence-electron chi connectivity index (χ1n) is 3.63. The van der Waals surface area contributed by atoms with E-state index in [4.69, 9.17) is 11.6 Å². The summed E-state index contributed by atoms with van der Waals surface area (Å²) in [5, 5.41) is 0. The summed E-state index contributed by atoms with van der Waals surface area (Å²) in [6, 6.07) is 6.31. The van der Waals surface area contributed by atoms with E-state index in [-0.39, 0.29) is 5.82 Å². The highest BCUT2D eigenvalue weighted by molar-refractivity contribution is 7.19. The third-order valence-corrected chi connectivity index (χ3v) is 2.80. The lowest BCUT2D eigenvalue weighted by molar-refractivity contribution is 0.626. The predicted octanol–water partition coefficient (Wildman–Crippen LogP) is 3.60. The molecule has 0 amide bonds. The molecule has 1 nitrogen and oxygen atoms in total. The van der Waals surface area contributed by atoms with E-state index in [9.17, 15) is 4.39 Å². The molecule has 0 aliphatic heterocycles. The van der Waals surface area contributed by atoms with Gasteiger partial charge >= 0.3 is 0 Å². The van der Waals surface area contributed by atoms with Gasteiger partial charge in [0.2, 0.25) is 0 Å². The Hall–Kier alpha value is -0.930. The zero-order valence-corrected chi connectivity index (χ0v) is 8.07. The SMILES string of the molecule is Fc1ccnc(-c2ccc(Cl)s2)c1. The Labute approximate surface area is 83.8 Å². The fourth-order valence-corrected chi connectivity index (χ4v) is 2.00. The van der Waals surface area contributed by atoms with Gasteiger partial charge in [0.25, 0.3) is 0 Å². The molecule has 0 atom stereocenters. The van der Waals surface area contributed by atoms with Crippen molar-refractivity contribution in [3.8, 4) is 10.6 Å². The lowest BCUT2D eigenvalue weighted by Gasteiger charge is -1.94. The number of thiophene rings is 1. The first kappa shape index (κ1) is 8.66. The number of halogens is 2. The topological polar surface area (TPSA) is 12.9 Å². The minimum absolute atomic E-state index is 0.283. The van der Waals surface area contributed by atoms with E-state index in [1.165, 1.54) is 29.7 Å². The van der Waals surface area contributed by atoms with Crippen LogP contribution in [0, 0.1) is 5.82 Å². The average Bonchev–Trinajstić information content (AvgIpc) is 2.52. The first-order valence-corrected chi connectivity index (χ1v) is 4.82. The molecule has 0 aromatic carbocycles. The first-order chi connectivity index (χ1) is 6.25. The molecule has 0 radical (unpaired) electrons. The van der Waals surface area contributed by atoms with Crippen molar-refractivity contribution in [2.45, 2.75) is 0 Å². The Kier molecular flexibility index (Phi) is 2.29. The molecule has 2 rings (SSSR count). The zero-order valence-electron chi connectivity index (χ0n) is 6.50. The number of rotatable bonds is 1. The van der Waals surface area contributed by atoms with E-state index in [0.29, 0.717) is 10.0 Å². The predicted molar refractivity (Wildman–Crippen MR) is 52.5 cm³/mol. The van der Waals surface area contributed by atoms with Crippen LogP contribution in [0.15, 0.2) is 30.5 Å². The molecule has 0 saturated heterocycles. The van der Waals surface area contributed by atoms with Crippen LogP contribution in [0.2, 0.25) is 4.34 Å². The van der Waals surface area contributed by atoms with E-state index in [1.54, 1.807) is 6.07 Å². The van der Waals surface area contributed by atoms with Crippen LogP contribution in [0.3, 0.4) is 0 Å². The van der Waals surface area contributed by atoms with Crippen LogP contribution in [-0.4, -0.2) is 4.98 Å². The monoisotopic (exact) mass is 213 g/mol. The van der Waals surface area contributed by atoms with E-state index in [2.05, 4.69) is 4.98 Å². The summed E-state index contributed by atoms with van der Waals surface area (Å²) in [5.41, 5.74) is 0.622. The summed E-state index contributed by atoms with van der Waals surface area (Å²) in [4.78, 5) is 4.91. The molecule has 0 bridgehead atoms. The number of aromatic nitrogens is 1. The standard InChI is InChI=1S/C9H5ClFNS/c10-9-2-1-8(13-9)7-5-6(11)3-4-12-7/h1-5H. The third kappa shape index (κ3) is 1.87. The highest BCUT2D eigenvalue weighted by Gasteiger charge is 2.03. The maximum atomic E-state index is 12.8. The lowest BCUT2D eigenvalue weighted by Crippen LogP contribution is -1.80. The van der Waals surface area contributed by atoms with E-state index >= 15 is 0 Å². The maximum Gasteiger partial charge on any atom is 0.126 e. The Morgan fingerprint density at radius 1 is 1.31 bits per heavy atom. The van der Waals surface area contributed by atoms with Gasteiger partial charge in [-0.25, -0.2) is 4.39 Å². The molecule has 2 heterocycles. The van der Waals surface area contributed by atoms with Crippen molar-refractivity contribution in [3.05, 3.63) is 40.6 Å². The van der Waals surface area contributed by atoms with E-state index < -0.39 is 0 Å². The molecule has 0 fully saturated rings. The van der Waals surface area contributed by atoms with Crippen molar-refractivity contribution in [3.63, 3.8) is 0 Å². The van der Waals surface area contributed by atoms with Gasteiger partial charge in [-0.1, -0.05) is 11.6 Å². The third-order valence-electron chi connectivity index (χ3n) is 1.55. The molecule has 0 aliphatic carbocycles. The number of nitrogens with zero attached hydrogens (tertiary/aromatic N) is 1. The molecular formula is C9H5ClFNS. The largest absolute Gasteiger partial charge is 0.255 e. The van der Waals surface area contributed by atoms with Crippen molar-refractivity contribution in [1.82, 2.24) is 4.98 Å². The lowest BCUT2D eigenvalue weighted by atomic mass is 10.3. The highest BCUT2D eigenvalue weighted by atomic mass is 35.5. The van der Waals surface area contributed by atoms with Crippen molar-refractivity contribution >= 4 is 22.9 Å². The fraction of sp³-hybridized carbons (Fsp3) is 0. The van der Waals surface area contributed by atoms with Crippen LogP contribution in [-0.2, 0) is 0 Å². The van der Waals surface area contributed by atoms with Crippen LogP contribution in [0.5, 0.6) is 0 Å². The summed E-state index contributed by atoms with van der Waals surface area (Å²) < 4.78 is 13.5. The van der Waals surface area contributed by atoms with Gasteiger partial charge in [0.05, 0.1) is 14.9 Å². The summed E-state index contributed by atoms with van der Waals surface area (Å²) in [5.74, 6) is -0.283. The number of hydrogen-bond acceptors (Lipinski definition) is 2. The molecule has 0 saturated carbocycles. The van der Waals surface area contributed by atoms with Gasteiger partial charge in [-0.15, -0.1) is 11.3 Å². The molecule has 0 aliphatic rings. The average molecular weight is 214 g/mol. The Bertz CT molecular complexity index is 427. The van der Waals surface area contributed by atoms with Gasteiger partial charge in [0.1, 0.15) is 5.82 Å². The molecule has 66 valence electrons. The maximum absolute atomic E-state index is 12.8. The van der Waals surface area contributed by atoms with Gasteiger partial charge in [-0.2, -0.15) is 0 Å². The fourth-order valence-electron chi connectivity index (χ4n) is 0.991. The van der Waals surface area contributed by atoms with Crippen molar-refractivity contribution in [2.75, 3.05) is 0 Å². The molecule has 0 N–H and O–H groups in total. The van der Waals surface area contributed by atoms with Gasteiger partial charge in [0.15, 0.2) is 0 Å². The second-order valence-electron chi connectivity index (χ2n) is 2.46. The molecule has 2 aromatic heterocycles. The van der Waals surface area contributed by atoms with Crippen LogP contribution >= 0.6 is 22.9 Å². The number of hydrogen-bond donors (Lipinski definition) is 0. The van der Waals surface area contributed by atoms with Crippen molar-refractivity contribution in [1.29, 1.82) is 0 Å². The van der Waals surface area contributed by atoms with Crippen molar-refractivity contribution in [2.24, 2.45) is 0 Å². The van der Waals surface area contributed by atoms with Crippen molar-refractivity contribution < 1.29 is 4.39 Å². The smallest absolute Gasteiger partial charge is 0.126 e. The van der Waals surface area contributed by atoms with Crippen LogP contribution in [0.1, 0.15) is 0 Å². The minimum atomic E-state index is -0.283. The Balaban J connectivity index is 2.46. The van der Waals surface area contributed by atoms with Crippen LogP contribution in [0.4, 0.5) is 4.39 Å². The summed E-state index contributed by atoms with van der Waals surface area (Å²) >= 11 is 7.13. The van der Waals surface area contributed by atoms with E-state index in [1.807, 2.05) is 6.07 Å². The Morgan fingerprint density at radius 3 is 2.77 bits per heavy atom.